The van der Waals surface area contributed by atoms with Crippen LogP contribution in [-0.2, 0) is 6.42 Å². The third kappa shape index (κ3) is 3.62. The molecule has 3 aromatic rings. The second-order valence-electron chi connectivity index (χ2n) is 6.34. The van der Waals surface area contributed by atoms with Gasteiger partial charge in [0.2, 0.25) is 0 Å². The van der Waals surface area contributed by atoms with E-state index in [-0.39, 0.29) is 5.91 Å². The molecule has 1 N–H and O–H groups in total. The molecule has 4 rings (SSSR count). The Morgan fingerprint density at radius 3 is 2.78 bits per heavy atom. The second-order valence-corrected chi connectivity index (χ2v) is 6.34. The van der Waals surface area contributed by atoms with Gasteiger partial charge in [0.05, 0.1) is 6.61 Å². The first-order valence-electron chi connectivity index (χ1n) is 9.10. The number of rotatable bonds is 5. The van der Waals surface area contributed by atoms with E-state index in [0.717, 1.165) is 24.4 Å². The molecule has 2 aromatic carbocycles. The van der Waals surface area contributed by atoms with Gasteiger partial charge in [-0.3, -0.25) is 9.78 Å². The minimum Gasteiger partial charge on any atom is -0.494 e. The van der Waals surface area contributed by atoms with Crippen LogP contribution in [0, 0.1) is 0 Å². The molecule has 5 nitrogen and oxygen atoms in total. The molecule has 5 heteroatoms. The molecule has 1 aliphatic heterocycles. The summed E-state index contributed by atoms with van der Waals surface area (Å²) in [6.07, 6.45) is 2.69. The fourth-order valence-electron chi connectivity index (χ4n) is 3.31. The number of hydrogen-bond donors (Lipinski definition) is 1. The molecule has 1 aromatic heterocycles. The molecule has 2 heterocycles. The number of benzene rings is 2. The van der Waals surface area contributed by atoms with Crippen LogP contribution >= 0.6 is 0 Å². The van der Waals surface area contributed by atoms with E-state index in [1.54, 1.807) is 6.20 Å². The van der Waals surface area contributed by atoms with Crippen LogP contribution in [0.5, 0.6) is 5.75 Å². The Kier molecular flexibility index (Phi) is 4.75. The summed E-state index contributed by atoms with van der Waals surface area (Å²) in [4.78, 5) is 19.1. The van der Waals surface area contributed by atoms with Gasteiger partial charge in [0.25, 0.3) is 5.91 Å². The van der Waals surface area contributed by atoms with Crippen molar-refractivity contribution in [3.05, 3.63) is 78.1 Å². The number of ether oxygens (including phenoxy) is 1. The summed E-state index contributed by atoms with van der Waals surface area (Å²) in [7, 11) is 0. The number of nitrogens with one attached hydrogen (secondary N) is 1. The molecule has 1 amide bonds. The first-order chi connectivity index (χ1) is 13.2. The minimum atomic E-state index is -0.228. The average Bonchev–Trinajstić information content (AvgIpc) is 3.14. The lowest BCUT2D eigenvalue weighted by Gasteiger charge is -2.19. The van der Waals surface area contributed by atoms with E-state index in [9.17, 15) is 4.79 Å². The van der Waals surface area contributed by atoms with Gasteiger partial charge >= 0.3 is 0 Å². The molecule has 0 fully saturated rings. The van der Waals surface area contributed by atoms with Crippen molar-refractivity contribution in [1.82, 2.24) is 4.98 Å². The molecule has 0 radical (unpaired) electrons. The number of fused-ring (bicyclic) bond motifs is 1. The van der Waals surface area contributed by atoms with Gasteiger partial charge in [-0.2, -0.15) is 0 Å². The fourth-order valence-corrected chi connectivity index (χ4v) is 3.31. The highest BCUT2D eigenvalue weighted by atomic mass is 16.5. The first-order valence-corrected chi connectivity index (χ1v) is 9.10. The van der Waals surface area contributed by atoms with E-state index in [0.29, 0.717) is 18.0 Å². The molecule has 1 aliphatic rings. The quantitative estimate of drug-likeness (QED) is 0.732. The van der Waals surface area contributed by atoms with Crippen LogP contribution in [0.2, 0.25) is 0 Å². The predicted octanol–water partition coefficient (Wildman–Crippen LogP) is 4.43. The Bertz CT molecular complexity index is 954. The van der Waals surface area contributed by atoms with Gasteiger partial charge in [-0.15, -0.1) is 0 Å². The van der Waals surface area contributed by atoms with E-state index >= 15 is 0 Å². The Morgan fingerprint density at radius 1 is 1.15 bits per heavy atom. The summed E-state index contributed by atoms with van der Waals surface area (Å²) in [5.41, 5.74) is 4.61. The molecule has 0 spiro atoms. The van der Waals surface area contributed by atoms with Crippen molar-refractivity contribution in [1.29, 1.82) is 0 Å². The number of anilines is 3. The number of nitrogens with zero attached hydrogens (tertiary/aromatic N) is 2. The van der Waals surface area contributed by atoms with Crippen LogP contribution in [0.25, 0.3) is 0 Å². The Morgan fingerprint density at radius 2 is 1.96 bits per heavy atom. The van der Waals surface area contributed by atoms with Crippen LogP contribution in [0.3, 0.4) is 0 Å². The van der Waals surface area contributed by atoms with Crippen molar-refractivity contribution in [2.24, 2.45) is 0 Å². The number of para-hydroxylation sites is 1. The van der Waals surface area contributed by atoms with Crippen molar-refractivity contribution < 1.29 is 9.53 Å². The second kappa shape index (κ2) is 7.50. The van der Waals surface area contributed by atoms with E-state index in [2.05, 4.69) is 33.4 Å². The number of aromatic nitrogens is 1. The van der Waals surface area contributed by atoms with Crippen molar-refractivity contribution in [2.75, 3.05) is 23.4 Å². The Hall–Kier alpha value is -3.34. The van der Waals surface area contributed by atoms with Crippen LogP contribution in [-0.4, -0.2) is 24.0 Å². The zero-order valence-corrected chi connectivity index (χ0v) is 15.2. The van der Waals surface area contributed by atoms with Crippen LogP contribution in [0.15, 0.2) is 66.9 Å². The summed E-state index contributed by atoms with van der Waals surface area (Å²) >= 11 is 0. The number of pyridine rings is 1. The SMILES string of the molecule is CCOc1ccc(NC(=O)c2cc(N3CCc4ccccc43)ccn2)cc1. The highest BCUT2D eigenvalue weighted by Crippen LogP contribution is 2.34. The molecule has 0 aliphatic carbocycles. The zero-order chi connectivity index (χ0) is 18.6. The lowest BCUT2D eigenvalue weighted by Crippen LogP contribution is -2.17. The third-order valence-corrected chi connectivity index (χ3v) is 4.60. The van der Waals surface area contributed by atoms with Crippen LogP contribution < -0.4 is 15.0 Å². The van der Waals surface area contributed by atoms with Gasteiger partial charge in [-0.1, -0.05) is 18.2 Å². The smallest absolute Gasteiger partial charge is 0.274 e. The predicted molar refractivity (Wildman–Crippen MR) is 107 cm³/mol. The van der Waals surface area contributed by atoms with Crippen molar-refractivity contribution in [3.8, 4) is 5.75 Å². The molecule has 0 saturated heterocycles. The van der Waals surface area contributed by atoms with E-state index in [1.165, 1.54) is 11.3 Å². The normalized spacial score (nSPS) is 12.6. The van der Waals surface area contributed by atoms with Crippen molar-refractivity contribution in [2.45, 2.75) is 13.3 Å². The molecule has 0 saturated carbocycles. The summed E-state index contributed by atoms with van der Waals surface area (Å²) in [6, 6.07) is 19.5. The topological polar surface area (TPSA) is 54.5 Å². The summed E-state index contributed by atoms with van der Waals surface area (Å²) < 4.78 is 5.42. The van der Waals surface area contributed by atoms with Crippen LogP contribution in [0.1, 0.15) is 23.0 Å². The summed E-state index contributed by atoms with van der Waals surface area (Å²) in [6.45, 7) is 3.46. The maximum absolute atomic E-state index is 12.6. The van der Waals surface area contributed by atoms with Crippen molar-refractivity contribution >= 4 is 23.0 Å². The summed E-state index contributed by atoms with van der Waals surface area (Å²) in [5, 5.41) is 2.89. The summed E-state index contributed by atoms with van der Waals surface area (Å²) in [5.74, 6) is 0.553. The lowest BCUT2D eigenvalue weighted by atomic mass is 10.2. The minimum absolute atomic E-state index is 0.228. The van der Waals surface area contributed by atoms with E-state index in [4.69, 9.17) is 4.74 Å². The van der Waals surface area contributed by atoms with Gasteiger partial charge in [0.1, 0.15) is 11.4 Å². The zero-order valence-electron chi connectivity index (χ0n) is 15.2. The third-order valence-electron chi connectivity index (χ3n) is 4.60. The van der Waals surface area contributed by atoms with Gasteiger partial charge in [0.15, 0.2) is 0 Å². The maximum atomic E-state index is 12.6. The van der Waals surface area contributed by atoms with Crippen LogP contribution in [0.4, 0.5) is 17.1 Å². The molecule has 0 unspecified atom stereocenters. The molecular weight excluding hydrogens is 338 g/mol. The van der Waals surface area contributed by atoms with E-state index in [1.807, 2.05) is 49.4 Å². The number of hydrogen-bond acceptors (Lipinski definition) is 4. The van der Waals surface area contributed by atoms with Crippen molar-refractivity contribution in [3.63, 3.8) is 0 Å². The van der Waals surface area contributed by atoms with Gasteiger partial charge in [-0.05, 0) is 61.4 Å². The average molecular weight is 359 g/mol. The Labute approximate surface area is 158 Å². The fraction of sp³-hybridized carbons (Fsp3) is 0.182. The largest absolute Gasteiger partial charge is 0.494 e. The number of carbonyl (C=O) groups excluding carboxylic acids is 1. The highest BCUT2D eigenvalue weighted by Gasteiger charge is 2.20. The molecule has 136 valence electrons. The van der Waals surface area contributed by atoms with E-state index < -0.39 is 0 Å². The Balaban J connectivity index is 1.51. The molecule has 0 bridgehead atoms. The lowest BCUT2D eigenvalue weighted by molar-refractivity contribution is 0.102. The molecular formula is C22H21N3O2. The highest BCUT2D eigenvalue weighted by molar-refractivity contribution is 6.03. The monoisotopic (exact) mass is 359 g/mol. The standard InChI is InChI=1S/C22H21N3O2/c1-2-27-19-9-7-17(8-10-19)24-22(26)20-15-18(11-13-23-20)25-14-12-16-5-3-4-6-21(16)25/h3-11,13,15H,2,12,14H2,1H3,(H,24,26). The van der Waals surface area contributed by atoms with Gasteiger partial charge in [0, 0.05) is 29.8 Å². The molecule has 0 atom stereocenters. The number of amides is 1. The van der Waals surface area contributed by atoms with Gasteiger partial charge < -0.3 is 15.0 Å². The number of carbonyl (C=O) groups is 1. The molecule has 27 heavy (non-hydrogen) atoms. The maximum Gasteiger partial charge on any atom is 0.274 e. The first kappa shape index (κ1) is 17.1. The van der Waals surface area contributed by atoms with Gasteiger partial charge in [-0.25, -0.2) is 0 Å².